The number of anilines is 2. The summed E-state index contributed by atoms with van der Waals surface area (Å²) in [7, 11) is -3.77. The van der Waals surface area contributed by atoms with Gasteiger partial charge in [0.1, 0.15) is 5.00 Å². The molecular formula is C31H36N4O4S2. The van der Waals surface area contributed by atoms with Crippen molar-refractivity contribution in [2.75, 3.05) is 42.3 Å². The van der Waals surface area contributed by atoms with Crippen LogP contribution in [0.25, 0.3) is 0 Å². The number of thiophene rings is 1. The van der Waals surface area contributed by atoms with Gasteiger partial charge >= 0.3 is 0 Å². The number of nitrogens with zero attached hydrogens (tertiary/aromatic N) is 3. The lowest BCUT2D eigenvalue weighted by Gasteiger charge is -2.30. The maximum absolute atomic E-state index is 13.6. The van der Waals surface area contributed by atoms with Crippen molar-refractivity contribution in [2.24, 2.45) is 0 Å². The monoisotopic (exact) mass is 592 g/mol. The van der Waals surface area contributed by atoms with Crippen LogP contribution in [-0.2, 0) is 29.4 Å². The summed E-state index contributed by atoms with van der Waals surface area (Å²) in [5.74, 6) is -0.348. The molecule has 6 rings (SSSR count). The minimum atomic E-state index is -3.77. The number of rotatable bonds is 7. The summed E-state index contributed by atoms with van der Waals surface area (Å²) in [6.45, 7) is 6.78. The van der Waals surface area contributed by atoms with Crippen LogP contribution in [0.4, 0.5) is 10.7 Å². The first-order valence-electron chi connectivity index (χ1n) is 14.5. The second-order valence-electron chi connectivity index (χ2n) is 11.0. The standard InChI is InChI=1S/C31H36N4O4S2/c1-2-16-33-20-15-25-27(21-33)40-30(28(25)31(37)34-17-5-6-18-34)32-29(36)23-11-13-24(14-12-23)41(38,39)35-19-7-9-22-8-3-4-10-26(22)35/h3-4,8,10-14H,2,5-7,9,15-21H2,1H3,(H,32,36). The molecule has 3 aliphatic rings. The van der Waals surface area contributed by atoms with Gasteiger partial charge in [-0.3, -0.25) is 18.8 Å². The van der Waals surface area contributed by atoms with Gasteiger partial charge in [0, 0.05) is 43.2 Å². The second-order valence-corrected chi connectivity index (χ2v) is 14.0. The van der Waals surface area contributed by atoms with E-state index in [0.717, 1.165) is 92.9 Å². The summed E-state index contributed by atoms with van der Waals surface area (Å²) in [5, 5.41) is 3.62. The molecule has 0 saturated carbocycles. The molecule has 0 bridgehead atoms. The minimum Gasteiger partial charge on any atom is -0.339 e. The third-order valence-corrected chi connectivity index (χ3v) is 11.2. The molecule has 1 saturated heterocycles. The zero-order valence-electron chi connectivity index (χ0n) is 23.4. The average Bonchev–Trinajstić information content (AvgIpc) is 3.65. The summed E-state index contributed by atoms with van der Waals surface area (Å²) in [6.07, 6.45) is 5.48. The van der Waals surface area contributed by atoms with Gasteiger partial charge in [0.05, 0.1) is 16.1 Å². The molecule has 0 aliphatic carbocycles. The number of aryl methyl sites for hydroxylation is 1. The Balaban J connectivity index is 1.25. The first-order valence-corrected chi connectivity index (χ1v) is 16.8. The number of carbonyl (C=O) groups excluding carboxylic acids is 2. The van der Waals surface area contributed by atoms with Crippen molar-refractivity contribution in [1.29, 1.82) is 0 Å². The van der Waals surface area contributed by atoms with Gasteiger partial charge in [-0.25, -0.2) is 8.42 Å². The third kappa shape index (κ3) is 5.40. The number of hydrogen-bond donors (Lipinski definition) is 1. The van der Waals surface area contributed by atoms with E-state index in [9.17, 15) is 18.0 Å². The highest BCUT2D eigenvalue weighted by Crippen LogP contribution is 2.39. The lowest BCUT2D eigenvalue weighted by molar-refractivity contribution is 0.0792. The van der Waals surface area contributed by atoms with Crippen LogP contribution in [-0.4, -0.2) is 62.8 Å². The first-order chi connectivity index (χ1) is 19.9. The molecule has 0 atom stereocenters. The van der Waals surface area contributed by atoms with E-state index >= 15 is 0 Å². The van der Waals surface area contributed by atoms with Crippen LogP contribution >= 0.6 is 11.3 Å². The Kier molecular flexibility index (Phi) is 7.89. The van der Waals surface area contributed by atoms with E-state index in [1.165, 1.54) is 27.8 Å². The zero-order chi connectivity index (χ0) is 28.6. The molecule has 0 spiro atoms. The van der Waals surface area contributed by atoms with Crippen LogP contribution in [0.5, 0.6) is 0 Å². The van der Waals surface area contributed by atoms with E-state index in [4.69, 9.17) is 0 Å². The van der Waals surface area contributed by atoms with Gasteiger partial charge in [0.15, 0.2) is 0 Å². The smallest absolute Gasteiger partial charge is 0.264 e. The molecule has 2 amide bonds. The highest BCUT2D eigenvalue weighted by molar-refractivity contribution is 7.92. The van der Waals surface area contributed by atoms with E-state index in [2.05, 4.69) is 17.1 Å². The van der Waals surface area contributed by atoms with Gasteiger partial charge in [-0.1, -0.05) is 25.1 Å². The molecule has 2 aromatic carbocycles. The molecule has 1 N–H and O–H groups in total. The first kappa shape index (κ1) is 27.9. The summed E-state index contributed by atoms with van der Waals surface area (Å²) in [5.41, 5.74) is 3.79. The second kappa shape index (κ2) is 11.6. The quantitative estimate of drug-likeness (QED) is 0.410. The lowest BCUT2D eigenvalue weighted by atomic mass is 10.0. The summed E-state index contributed by atoms with van der Waals surface area (Å²) in [6, 6.07) is 13.7. The molecule has 41 heavy (non-hydrogen) atoms. The normalized spacial score (nSPS) is 17.3. The van der Waals surface area contributed by atoms with Crippen LogP contribution in [0.15, 0.2) is 53.4 Å². The molecule has 4 heterocycles. The van der Waals surface area contributed by atoms with E-state index in [-0.39, 0.29) is 16.7 Å². The van der Waals surface area contributed by atoms with Crippen LogP contribution in [0.1, 0.15) is 69.3 Å². The molecule has 0 unspecified atom stereocenters. The van der Waals surface area contributed by atoms with Crippen molar-refractivity contribution in [1.82, 2.24) is 9.80 Å². The molecule has 3 aliphatic heterocycles. The van der Waals surface area contributed by atoms with E-state index in [1.807, 2.05) is 29.2 Å². The number of likely N-dealkylation sites (tertiary alicyclic amines) is 1. The Morgan fingerprint density at radius 3 is 2.44 bits per heavy atom. The van der Waals surface area contributed by atoms with Crippen molar-refractivity contribution in [3.63, 3.8) is 0 Å². The number of benzene rings is 2. The predicted octanol–water partition coefficient (Wildman–Crippen LogP) is 5.15. The van der Waals surface area contributed by atoms with Crippen LogP contribution < -0.4 is 9.62 Å². The fourth-order valence-electron chi connectivity index (χ4n) is 6.19. The molecular weight excluding hydrogens is 556 g/mol. The summed E-state index contributed by atoms with van der Waals surface area (Å²) in [4.78, 5) is 32.6. The highest BCUT2D eigenvalue weighted by Gasteiger charge is 2.32. The maximum Gasteiger partial charge on any atom is 0.264 e. The van der Waals surface area contributed by atoms with Crippen molar-refractivity contribution >= 4 is 43.9 Å². The minimum absolute atomic E-state index is 0.00231. The molecule has 1 fully saturated rings. The summed E-state index contributed by atoms with van der Waals surface area (Å²) >= 11 is 1.50. The third-order valence-electron chi connectivity index (χ3n) is 8.28. The molecule has 216 valence electrons. The molecule has 1 aromatic heterocycles. The lowest BCUT2D eigenvalue weighted by Crippen LogP contribution is -2.35. The number of carbonyl (C=O) groups is 2. The Morgan fingerprint density at radius 2 is 1.68 bits per heavy atom. The molecule has 10 heteroatoms. The van der Waals surface area contributed by atoms with Crippen LogP contribution in [0.3, 0.4) is 0 Å². The number of para-hydroxylation sites is 1. The number of amides is 2. The maximum atomic E-state index is 13.6. The van der Waals surface area contributed by atoms with E-state index in [1.54, 1.807) is 12.1 Å². The van der Waals surface area contributed by atoms with Gasteiger partial charge in [-0.2, -0.15) is 0 Å². The predicted molar refractivity (Wildman–Crippen MR) is 162 cm³/mol. The Labute approximate surface area is 246 Å². The fraction of sp³-hybridized carbons (Fsp3) is 0.419. The van der Waals surface area contributed by atoms with Gasteiger partial charge in [-0.15, -0.1) is 11.3 Å². The topological polar surface area (TPSA) is 90.0 Å². The van der Waals surface area contributed by atoms with Gasteiger partial charge in [0.2, 0.25) is 0 Å². The highest BCUT2D eigenvalue weighted by atomic mass is 32.2. The molecule has 0 radical (unpaired) electrons. The van der Waals surface area contributed by atoms with Gasteiger partial charge < -0.3 is 10.2 Å². The average molecular weight is 593 g/mol. The summed E-state index contributed by atoms with van der Waals surface area (Å²) < 4.78 is 28.5. The van der Waals surface area contributed by atoms with Gasteiger partial charge in [-0.05, 0) is 86.5 Å². The number of fused-ring (bicyclic) bond motifs is 2. The largest absolute Gasteiger partial charge is 0.339 e. The number of nitrogens with one attached hydrogen (secondary N) is 1. The van der Waals surface area contributed by atoms with E-state index < -0.39 is 10.0 Å². The van der Waals surface area contributed by atoms with E-state index in [0.29, 0.717) is 22.7 Å². The Bertz CT molecular complexity index is 1560. The van der Waals surface area contributed by atoms with Crippen molar-refractivity contribution in [2.45, 2.75) is 56.9 Å². The van der Waals surface area contributed by atoms with Crippen LogP contribution in [0.2, 0.25) is 0 Å². The Morgan fingerprint density at radius 1 is 0.927 bits per heavy atom. The number of hydrogen-bond acceptors (Lipinski definition) is 6. The molecule has 8 nitrogen and oxygen atoms in total. The van der Waals surface area contributed by atoms with Crippen molar-refractivity contribution in [3.8, 4) is 0 Å². The number of sulfonamides is 1. The SMILES string of the molecule is CCCN1CCc2c(sc(NC(=O)c3ccc(S(=O)(=O)N4CCCc5ccccc54)cc3)c2C(=O)N2CCCC2)C1. The fourth-order valence-corrected chi connectivity index (χ4v) is 9.00. The van der Waals surface area contributed by atoms with Gasteiger partial charge in [0.25, 0.3) is 21.8 Å². The van der Waals surface area contributed by atoms with Crippen molar-refractivity contribution in [3.05, 3.63) is 75.7 Å². The van der Waals surface area contributed by atoms with Crippen molar-refractivity contribution < 1.29 is 18.0 Å². The molecule has 3 aromatic rings. The Hall–Kier alpha value is -3.21. The van der Waals surface area contributed by atoms with Crippen LogP contribution in [0, 0.1) is 0 Å². The zero-order valence-corrected chi connectivity index (χ0v) is 25.0.